The maximum atomic E-state index is 12.5. The zero-order valence-corrected chi connectivity index (χ0v) is 20.1. The van der Waals surface area contributed by atoms with E-state index in [1.807, 2.05) is 13.8 Å². The molecule has 174 valence electrons. The molecule has 1 saturated heterocycles. The molecular weight excluding hydrogens is 402 g/mol. The average Bonchev–Trinajstić information content (AvgIpc) is 3.26. The summed E-state index contributed by atoms with van der Waals surface area (Å²) in [6, 6.07) is 12.4. The predicted octanol–water partition coefficient (Wildman–Crippen LogP) is 4.78. The van der Waals surface area contributed by atoms with Crippen LogP contribution in [0.3, 0.4) is 0 Å². The van der Waals surface area contributed by atoms with Crippen molar-refractivity contribution >= 4 is 11.8 Å². The molecule has 1 aromatic carbocycles. The van der Waals surface area contributed by atoms with Gasteiger partial charge in [0.1, 0.15) is 17.1 Å². The molecule has 1 aliphatic rings. The standard InChI is InChI=1S/C26H37N3O3/c1-6-28(16-21-9-11-23(12-10-21)31-18-19(2)3)22-13-15-29(17-22)25-24(8-7-14-27-25)26(30)32-20(4)5/h7-12,14,19-20,22H,6,13,15-18H2,1-5H3. The van der Waals surface area contributed by atoms with Gasteiger partial charge >= 0.3 is 5.97 Å². The van der Waals surface area contributed by atoms with Crippen molar-refractivity contribution in [2.24, 2.45) is 5.92 Å². The second-order valence-electron chi connectivity index (χ2n) is 9.13. The molecule has 1 fully saturated rings. The average molecular weight is 440 g/mol. The smallest absolute Gasteiger partial charge is 0.342 e. The number of pyridine rings is 1. The molecule has 2 aromatic rings. The Morgan fingerprint density at radius 2 is 1.94 bits per heavy atom. The zero-order chi connectivity index (χ0) is 23.1. The van der Waals surface area contributed by atoms with Crippen LogP contribution in [0.15, 0.2) is 42.6 Å². The first-order valence-corrected chi connectivity index (χ1v) is 11.7. The van der Waals surface area contributed by atoms with Crippen LogP contribution in [0.4, 0.5) is 5.82 Å². The molecule has 0 radical (unpaired) electrons. The second kappa shape index (κ2) is 11.3. The van der Waals surface area contributed by atoms with Gasteiger partial charge in [0.15, 0.2) is 0 Å². The van der Waals surface area contributed by atoms with Crippen LogP contribution in [-0.4, -0.2) is 54.2 Å². The summed E-state index contributed by atoms with van der Waals surface area (Å²) in [6.45, 7) is 14.6. The highest BCUT2D eigenvalue weighted by Crippen LogP contribution is 2.26. The molecule has 6 heteroatoms. The Morgan fingerprint density at radius 1 is 1.19 bits per heavy atom. The molecule has 0 aliphatic carbocycles. The summed E-state index contributed by atoms with van der Waals surface area (Å²) in [4.78, 5) is 21.8. The molecule has 0 N–H and O–H groups in total. The Labute approximate surface area is 192 Å². The van der Waals surface area contributed by atoms with Crippen LogP contribution < -0.4 is 9.64 Å². The normalized spacial score (nSPS) is 16.2. The Hall–Kier alpha value is -2.60. The molecule has 6 nitrogen and oxygen atoms in total. The van der Waals surface area contributed by atoms with Gasteiger partial charge in [0, 0.05) is 31.9 Å². The lowest BCUT2D eigenvalue weighted by Gasteiger charge is -2.28. The number of aromatic nitrogens is 1. The number of ether oxygens (including phenoxy) is 2. The number of anilines is 1. The lowest BCUT2D eigenvalue weighted by Crippen LogP contribution is -2.37. The molecule has 0 amide bonds. The van der Waals surface area contributed by atoms with Gasteiger partial charge in [-0.25, -0.2) is 9.78 Å². The van der Waals surface area contributed by atoms with E-state index < -0.39 is 0 Å². The van der Waals surface area contributed by atoms with Crippen molar-refractivity contribution in [3.8, 4) is 5.75 Å². The lowest BCUT2D eigenvalue weighted by molar-refractivity contribution is 0.0378. The molecular formula is C26H37N3O3. The van der Waals surface area contributed by atoms with E-state index in [2.05, 4.69) is 59.8 Å². The highest BCUT2D eigenvalue weighted by Gasteiger charge is 2.30. The van der Waals surface area contributed by atoms with Gasteiger partial charge in [-0.1, -0.05) is 32.9 Å². The van der Waals surface area contributed by atoms with Crippen LogP contribution in [0.25, 0.3) is 0 Å². The fourth-order valence-corrected chi connectivity index (χ4v) is 4.01. The van der Waals surface area contributed by atoms with E-state index in [1.165, 1.54) is 5.56 Å². The number of hydrogen-bond acceptors (Lipinski definition) is 6. The summed E-state index contributed by atoms with van der Waals surface area (Å²) in [5.74, 6) is 1.86. The van der Waals surface area contributed by atoms with Crippen LogP contribution in [0.1, 0.15) is 57.0 Å². The third kappa shape index (κ3) is 6.45. The Kier molecular flexibility index (Phi) is 8.51. The van der Waals surface area contributed by atoms with E-state index in [1.54, 1.807) is 18.3 Å². The number of hydrogen-bond donors (Lipinski definition) is 0. The highest BCUT2D eigenvalue weighted by atomic mass is 16.5. The van der Waals surface area contributed by atoms with Crippen LogP contribution >= 0.6 is 0 Å². The summed E-state index contributed by atoms with van der Waals surface area (Å²) in [5.41, 5.74) is 1.82. The van der Waals surface area contributed by atoms with Crippen LogP contribution in [0.2, 0.25) is 0 Å². The van der Waals surface area contributed by atoms with Crippen molar-refractivity contribution in [2.45, 2.75) is 59.7 Å². The van der Waals surface area contributed by atoms with Gasteiger partial charge in [-0.3, -0.25) is 4.90 Å². The van der Waals surface area contributed by atoms with Crippen LogP contribution in [-0.2, 0) is 11.3 Å². The van der Waals surface area contributed by atoms with Gasteiger partial charge in [0.25, 0.3) is 0 Å². The number of benzene rings is 1. The quantitative estimate of drug-likeness (QED) is 0.497. The fraction of sp³-hybridized carbons (Fsp3) is 0.538. The van der Waals surface area contributed by atoms with Gasteiger partial charge in [0.05, 0.1) is 12.7 Å². The minimum atomic E-state index is -0.307. The van der Waals surface area contributed by atoms with Crippen molar-refractivity contribution in [2.75, 3.05) is 31.1 Å². The maximum absolute atomic E-state index is 12.5. The summed E-state index contributed by atoms with van der Waals surface area (Å²) in [6.07, 6.45) is 2.63. The zero-order valence-electron chi connectivity index (χ0n) is 20.1. The molecule has 1 atom stereocenters. The number of likely N-dealkylation sites (N-methyl/N-ethyl adjacent to an activating group) is 1. The number of esters is 1. The van der Waals surface area contributed by atoms with E-state index in [0.717, 1.165) is 50.8 Å². The molecule has 0 bridgehead atoms. The molecule has 1 aliphatic heterocycles. The van der Waals surface area contributed by atoms with Crippen molar-refractivity contribution in [3.63, 3.8) is 0 Å². The van der Waals surface area contributed by atoms with Gasteiger partial charge in [-0.05, 0) is 62.6 Å². The molecule has 32 heavy (non-hydrogen) atoms. The minimum absolute atomic E-state index is 0.153. The second-order valence-corrected chi connectivity index (χ2v) is 9.13. The molecule has 1 unspecified atom stereocenters. The van der Waals surface area contributed by atoms with Crippen molar-refractivity contribution in [1.82, 2.24) is 9.88 Å². The summed E-state index contributed by atoms with van der Waals surface area (Å²) in [5, 5.41) is 0. The number of rotatable bonds is 10. The van der Waals surface area contributed by atoms with E-state index >= 15 is 0 Å². The largest absolute Gasteiger partial charge is 0.493 e. The first-order valence-electron chi connectivity index (χ1n) is 11.7. The van der Waals surface area contributed by atoms with E-state index in [-0.39, 0.29) is 12.1 Å². The van der Waals surface area contributed by atoms with E-state index in [9.17, 15) is 4.79 Å². The van der Waals surface area contributed by atoms with Gasteiger partial charge in [-0.2, -0.15) is 0 Å². The SMILES string of the molecule is CCN(Cc1ccc(OCC(C)C)cc1)C1CCN(c2ncccc2C(=O)OC(C)C)C1. The number of nitrogens with zero attached hydrogens (tertiary/aromatic N) is 3. The van der Waals surface area contributed by atoms with Crippen LogP contribution in [0, 0.1) is 5.92 Å². The van der Waals surface area contributed by atoms with Crippen LogP contribution in [0.5, 0.6) is 5.75 Å². The molecule has 0 saturated carbocycles. The fourth-order valence-electron chi connectivity index (χ4n) is 4.01. The van der Waals surface area contributed by atoms with E-state index in [4.69, 9.17) is 9.47 Å². The van der Waals surface area contributed by atoms with Crippen molar-refractivity contribution < 1.29 is 14.3 Å². The molecule has 0 spiro atoms. The Bertz CT molecular complexity index is 867. The third-order valence-corrected chi connectivity index (χ3v) is 5.63. The molecule has 2 heterocycles. The monoisotopic (exact) mass is 439 g/mol. The minimum Gasteiger partial charge on any atom is -0.493 e. The highest BCUT2D eigenvalue weighted by molar-refractivity contribution is 5.94. The maximum Gasteiger partial charge on any atom is 0.342 e. The molecule has 1 aromatic heterocycles. The Balaban J connectivity index is 1.63. The first kappa shape index (κ1) is 24.1. The van der Waals surface area contributed by atoms with Crippen molar-refractivity contribution in [1.29, 1.82) is 0 Å². The van der Waals surface area contributed by atoms with Gasteiger partial charge < -0.3 is 14.4 Å². The predicted molar refractivity (Wildman–Crippen MR) is 128 cm³/mol. The first-order chi connectivity index (χ1) is 15.4. The topological polar surface area (TPSA) is 54.9 Å². The van der Waals surface area contributed by atoms with Gasteiger partial charge in [-0.15, -0.1) is 0 Å². The summed E-state index contributed by atoms with van der Waals surface area (Å²) >= 11 is 0. The molecule has 3 rings (SSSR count). The van der Waals surface area contributed by atoms with E-state index in [0.29, 0.717) is 17.5 Å². The summed E-state index contributed by atoms with van der Waals surface area (Å²) in [7, 11) is 0. The summed E-state index contributed by atoms with van der Waals surface area (Å²) < 4.78 is 11.2. The number of carbonyl (C=O) groups excluding carboxylic acids is 1. The van der Waals surface area contributed by atoms with Crippen molar-refractivity contribution in [3.05, 3.63) is 53.7 Å². The third-order valence-electron chi connectivity index (χ3n) is 5.63. The lowest BCUT2D eigenvalue weighted by atomic mass is 10.1. The number of carbonyl (C=O) groups is 1. The Morgan fingerprint density at radius 3 is 2.59 bits per heavy atom. The van der Waals surface area contributed by atoms with Gasteiger partial charge in [0.2, 0.25) is 0 Å².